The van der Waals surface area contributed by atoms with Crippen molar-refractivity contribution in [3.63, 3.8) is 0 Å². The van der Waals surface area contributed by atoms with Crippen LogP contribution in [0.25, 0.3) is 11.2 Å². The van der Waals surface area contributed by atoms with Gasteiger partial charge < -0.3 is 40.4 Å². The molecule has 5 atom stereocenters. The Balaban J connectivity index is 1.57. The van der Waals surface area contributed by atoms with Crippen molar-refractivity contribution in [2.45, 2.75) is 128 Å². The van der Waals surface area contributed by atoms with Gasteiger partial charge in [-0.05, 0) is 13.3 Å². The zero-order chi connectivity index (χ0) is 29.4. The number of nitrogen functional groups attached to an aromatic ring is 1. The Labute approximate surface area is 238 Å². The van der Waals surface area contributed by atoms with Crippen LogP contribution in [0.15, 0.2) is 12.7 Å². The van der Waals surface area contributed by atoms with Crippen LogP contribution in [0.2, 0.25) is 0 Å². The van der Waals surface area contributed by atoms with Gasteiger partial charge in [0.1, 0.15) is 18.2 Å². The van der Waals surface area contributed by atoms with E-state index in [4.69, 9.17) is 20.7 Å². The van der Waals surface area contributed by atoms with E-state index in [1.54, 1.807) is 17.8 Å². The van der Waals surface area contributed by atoms with Crippen molar-refractivity contribution in [1.29, 1.82) is 0 Å². The van der Waals surface area contributed by atoms with Crippen LogP contribution in [0.4, 0.5) is 5.82 Å². The SMILES string of the molecule is CCCCCCCCCCCCCCC(O)[C@@H](O)[C@@H](N)COP(=O)(O)CO[C@H](C)Cn1cnc2c(N)ncnc21. The molecular weight excluding hydrogens is 535 g/mol. The van der Waals surface area contributed by atoms with Gasteiger partial charge in [0.15, 0.2) is 11.5 Å². The molecule has 0 amide bonds. The van der Waals surface area contributed by atoms with Gasteiger partial charge in [-0.25, -0.2) is 15.0 Å². The summed E-state index contributed by atoms with van der Waals surface area (Å²) in [5, 5.41) is 20.6. The monoisotopic (exact) mass is 586 g/mol. The van der Waals surface area contributed by atoms with Crippen molar-refractivity contribution in [2.75, 3.05) is 18.7 Å². The number of nitrogens with two attached hydrogens (primary N) is 2. The number of aromatic nitrogens is 4. The molecule has 0 saturated carbocycles. The van der Waals surface area contributed by atoms with Crippen molar-refractivity contribution in [3.8, 4) is 0 Å². The lowest BCUT2D eigenvalue weighted by Gasteiger charge is -2.25. The summed E-state index contributed by atoms with van der Waals surface area (Å²) in [6, 6.07) is -1.01. The summed E-state index contributed by atoms with van der Waals surface area (Å²) in [6.07, 6.45) is 14.6. The van der Waals surface area contributed by atoms with E-state index in [0.29, 0.717) is 24.1 Å². The van der Waals surface area contributed by atoms with Gasteiger partial charge in [0, 0.05) is 0 Å². The number of hydrogen-bond acceptors (Lipinski definition) is 10. The highest BCUT2D eigenvalue weighted by Gasteiger charge is 2.28. The fourth-order valence-electron chi connectivity index (χ4n) is 4.57. The first kappa shape index (κ1) is 34.5. The Bertz CT molecular complexity index is 1010. The minimum absolute atomic E-state index is 0.267. The van der Waals surface area contributed by atoms with E-state index in [9.17, 15) is 19.7 Å². The second kappa shape index (κ2) is 18.7. The molecule has 0 spiro atoms. The largest absolute Gasteiger partial charge is 0.390 e. The van der Waals surface area contributed by atoms with Crippen LogP contribution in [0, 0.1) is 0 Å². The molecule has 12 nitrogen and oxygen atoms in total. The van der Waals surface area contributed by atoms with Crippen molar-refractivity contribution in [1.82, 2.24) is 19.5 Å². The van der Waals surface area contributed by atoms with E-state index in [-0.39, 0.29) is 12.4 Å². The molecule has 7 N–H and O–H groups in total. The summed E-state index contributed by atoms with van der Waals surface area (Å²) in [6.45, 7) is 3.90. The average Bonchev–Trinajstić information content (AvgIpc) is 3.34. The number of nitrogens with zero attached hydrogens (tertiary/aromatic N) is 4. The third-order valence-electron chi connectivity index (χ3n) is 7.06. The third-order valence-corrected chi connectivity index (χ3v) is 8.09. The third kappa shape index (κ3) is 12.9. The van der Waals surface area contributed by atoms with Gasteiger partial charge in [0.25, 0.3) is 0 Å². The molecule has 2 aromatic rings. The van der Waals surface area contributed by atoms with Gasteiger partial charge >= 0.3 is 7.60 Å². The van der Waals surface area contributed by atoms with Crippen molar-refractivity contribution in [2.24, 2.45) is 5.73 Å². The molecule has 0 radical (unpaired) electrons. The molecule has 230 valence electrons. The number of aliphatic hydroxyl groups excluding tert-OH is 2. The van der Waals surface area contributed by atoms with Crippen LogP contribution in [-0.4, -0.2) is 71.9 Å². The minimum Gasteiger partial charge on any atom is -0.390 e. The lowest BCUT2D eigenvalue weighted by molar-refractivity contribution is -0.0117. The average molecular weight is 587 g/mol. The normalized spacial score (nSPS) is 16.6. The number of ether oxygens (including phenoxy) is 1. The molecule has 0 bridgehead atoms. The number of hydrogen-bond donors (Lipinski definition) is 5. The summed E-state index contributed by atoms with van der Waals surface area (Å²) in [4.78, 5) is 22.4. The Morgan fingerprint density at radius 2 is 1.57 bits per heavy atom. The van der Waals surface area contributed by atoms with Gasteiger partial charge in [-0.15, -0.1) is 0 Å². The van der Waals surface area contributed by atoms with E-state index in [0.717, 1.165) is 19.3 Å². The fourth-order valence-corrected chi connectivity index (χ4v) is 5.49. The first-order chi connectivity index (χ1) is 19.1. The van der Waals surface area contributed by atoms with Crippen LogP contribution >= 0.6 is 7.60 Å². The summed E-state index contributed by atoms with van der Waals surface area (Å²) >= 11 is 0. The topological polar surface area (TPSA) is 192 Å². The van der Waals surface area contributed by atoms with E-state index >= 15 is 0 Å². The lowest BCUT2D eigenvalue weighted by atomic mass is 10.00. The van der Waals surface area contributed by atoms with Crippen LogP contribution < -0.4 is 11.5 Å². The van der Waals surface area contributed by atoms with E-state index < -0.39 is 38.3 Å². The second-order valence-corrected chi connectivity index (χ2v) is 12.6. The molecule has 0 aliphatic carbocycles. The molecule has 2 unspecified atom stereocenters. The van der Waals surface area contributed by atoms with Gasteiger partial charge in [-0.3, -0.25) is 4.57 Å². The Morgan fingerprint density at radius 3 is 2.20 bits per heavy atom. The van der Waals surface area contributed by atoms with Gasteiger partial charge in [0.2, 0.25) is 0 Å². The van der Waals surface area contributed by atoms with E-state index in [1.165, 1.54) is 64.1 Å². The zero-order valence-electron chi connectivity index (χ0n) is 24.2. The summed E-state index contributed by atoms with van der Waals surface area (Å²) in [5.41, 5.74) is 12.7. The van der Waals surface area contributed by atoms with Crippen LogP contribution in [-0.2, 0) is 20.4 Å². The van der Waals surface area contributed by atoms with Crippen molar-refractivity contribution >= 4 is 24.6 Å². The quantitative estimate of drug-likeness (QED) is 0.0929. The molecule has 0 saturated heterocycles. The molecule has 0 aromatic carbocycles. The molecule has 13 heteroatoms. The number of aliphatic hydroxyl groups is 2. The summed E-state index contributed by atoms with van der Waals surface area (Å²) < 4.78 is 24.7. The highest BCUT2D eigenvalue weighted by molar-refractivity contribution is 7.52. The number of anilines is 1. The highest BCUT2D eigenvalue weighted by Crippen LogP contribution is 2.42. The highest BCUT2D eigenvalue weighted by atomic mass is 31.2. The Morgan fingerprint density at radius 1 is 0.975 bits per heavy atom. The number of rotatable bonds is 23. The molecule has 2 heterocycles. The van der Waals surface area contributed by atoms with Crippen molar-refractivity contribution in [3.05, 3.63) is 12.7 Å². The predicted molar refractivity (Wildman–Crippen MR) is 157 cm³/mol. The van der Waals surface area contributed by atoms with E-state index in [2.05, 4.69) is 21.9 Å². The Kier molecular flexibility index (Phi) is 16.2. The first-order valence-corrected chi connectivity index (χ1v) is 16.5. The molecule has 2 rings (SSSR count). The standard InChI is InChI=1S/C27H51N6O6P/c1-3-4-5-6-7-8-9-10-11-12-13-14-15-23(34)25(35)22(28)17-39-40(36,37)20-38-21(2)16-33-19-32-24-26(29)30-18-31-27(24)33/h18-19,21-23,25,34-35H,3-17,20,28H2,1-2H3,(H,36,37)(H2,29,30,31)/t21-,22+,23?,25+/m1/s1. The Hall–Kier alpha value is -1.66. The maximum atomic E-state index is 12.4. The zero-order valence-corrected chi connectivity index (χ0v) is 25.1. The lowest BCUT2D eigenvalue weighted by Crippen LogP contribution is -2.45. The van der Waals surface area contributed by atoms with Crippen LogP contribution in [0.1, 0.15) is 97.3 Å². The van der Waals surface area contributed by atoms with Crippen LogP contribution in [0.3, 0.4) is 0 Å². The minimum atomic E-state index is -4.13. The smallest absolute Gasteiger partial charge is 0.353 e. The maximum absolute atomic E-state index is 12.4. The van der Waals surface area contributed by atoms with E-state index in [1.807, 2.05) is 0 Å². The molecule has 0 aliphatic heterocycles. The molecule has 40 heavy (non-hydrogen) atoms. The first-order valence-electron chi connectivity index (χ1n) is 14.8. The fraction of sp³-hybridized carbons (Fsp3) is 0.815. The van der Waals surface area contributed by atoms with Gasteiger partial charge in [0.05, 0.1) is 43.8 Å². The molecule has 2 aromatic heterocycles. The van der Waals surface area contributed by atoms with Gasteiger partial charge in [-0.1, -0.05) is 84.0 Å². The predicted octanol–water partition coefficient (Wildman–Crippen LogP) is 4.11. The second-order valence-electron chi connectivity index (χ2n) is 10.8. The van der Waals surface area contributed by atoms with Crippen LogP contribution in [0.5, 0.6) is 0 Å². The summed E-state index contributed by atoms with van der Waals surface area (Å²) in [7, 11) is -4.13. The number of fused-ring (bicyclic) bond motifs is 1. The maximum Gasteiger partial charge on any atom is 0.353 e. The number of imidazole rings is 1. The van der Waals surface area contributed by atoms with Crippen molar-refractivity contribution < 1.29 is 28.9 Å². The summed E-state index contributed by atoms with van der Waals surface area (Å²) in [5.74, 6) is 0.267. The van der Waals surface area contributed by atoms with Gasteiger partial charge in [-0.2, -0.15) is 0 Å². The number of unbranched alkanes of at least 4 members (excludes halogenated alkanes) is 11. The molecule has 0 fully saturated rings. The molecule has 0 aliphatic rings. The molecular formula is C27H51N6O6P.